The zero-order chi connectivity index (χ0) is 17.6. The molecule has 0 fully saturated rings. The summed E-state index contributed by atoms with van der Waals surface area (Å²) in [6, 6.07) is 27.1. The third-order valence-corrected chi connectivity index (χ3v) is 4.31. The Morgan fingerprint density at radius 2 is 1.44 bits per heavy atom. The van der Waals surface area contributed by atoms with E-state index in [1.165, 1.54) is 22.3 Å². The summed E-state index contributed by atoms with van der Waals surface area (Å²) in [5.74, 6) is 0. The Morgan fingerprint density at radius 1 is 0.760 bits per heavy atom. The molecule has 3 aromatic rings. The maximum Gasteiger partial charge on any atom is 0.171 e. The van der Waals surface area contributed by atoms with Crippen LogP contribution in [0.4, 0.5) is 5.69 Å². The SMILES string of the molecule is Cc1ccc([C@H](NC(=S)Nc2cccc(C)c2)c2ccccc2)cc1. The van der Waals surface area contributed by atoms with E-state index in [-0.39, 0.29) is 6.04 Å². The zero-order valence-electron chi connectivity index (χ0n) is 14.5. The van der Waals surface area contributed by atoms with Gasteiger partial charge in [-0.1, -0.05) is 72.3 Å². The molecule has 1 atom stereocenters. The molecule has 0 heterocycles. The third-order valence-electron chi connectivity index (χ3n) is 4.09. The maximum atomic E-state index is 5.56. The van der Waals surface area contributed by atoms with Crippen molar-refractivity contribution in [3.05, 3.63) is 101 Å². The van der Waals surface area contributed by atoms with Gasteiger partial charge in [0.2, 0.25) is 0 Å². The summed E-state index contributed by atoms with van der Waals surface area (Å²) in [6.45, 7) is 4.17. The van der Waals surface area contributed by atoms with E-state index in [0.29, 0.717) is 5.11 Å². The fourth-order valence-electron chi connectivity index (χ4n) is 2.78. The molecule has 0 spiro atoms. The summed E-state index contributed by atoms with van der Waals surface area (Å²) in [4.78, 5) is 0. The van der Waals surface area contributed by atoms with Crippen LogP contribution in [0, 0.1) is 13.8 Å². The van der Waals surface area contributed by atoms with Crippen molar-refractivity contribution in [2.75, 3.05) is 5.32 Å². The Bertz CT molecular complexity index is 841. The van der Waals surface area contributed by atoms with Gasteiger partial charge in [-0.2, -0.15) is 0 Å². The number of aryl methyl sites for hydroxylation is 2. The minimum atomic E-state index is 0.00612. The molecule has 3 heteroatoms. The lowest BCUT2D eigenvalue weighted by atomic mass is 9.98. The minimum Gasteiger partial charge on any atom is -0.352 e. The van der Waals surface area contributed by atoms with E-state index in [1.807, 2.05) is 18.2 Å². The summed E-state index contributed by atoms with van der Waals surface area (Å²) >= 11 is 5.56. The summed E-state index contributed by atoms with van der Waals surface area (Å²) in [5.41, 5.74) is 5.81. The van der Waals surface area contributed by atoms with Gasteiger partial charge in [-0.25, -0.2) is 0 Å². The highest BCUT2D eigenvalue weighted by atomic mass is 32.1. The smallest absolute Gasteiger partial charge is 0.171 e. The van der Waals surface area contributed by atoms with Gasteiger partial charge in [0, 0.05) is 5.69 Å². The zero-order valence-corrected chi connectivity index (χ0v) is 15.3. The lowest BCUT2D eigenvalue weighted by Crippen LogP contribution is -2.33. The van der Waals surface area contributed by atoms with Crippen molar-refractivity contribution in [3.8, 4) is 0 Å². The van der Waals surface area contributed by atoms with Crippen LogP contribution >= 0.6 is 12.2 Å². The molecule has 2 N–H and O–H groups in total. The number of hydrogen-bond acceptors (Lipinski definition) is 1. The Morgan fingerprint density at radius 3 is 2.12 bits per heavy atom. The standard InChI is InChI=1S/C22H22N2S/c1-16-11-13-19(14-12-16)21(18-8-4-3-5-9-18)24-22(25)23-20-10-6-7-17(2)15-20/h3-15,21H,1-2H3,(H2,23,24,25)/t21-/m1/s1. The lowest BCUT2D eigenvalue weighted by Gasteiger charge is -2.22. The molecular weight excluding hydrogens is 324 g/mol. The molecule has 2 nitrogen and oxygen atoms in total. The molecule has 0 aliphatic carbocycles. The van der Waals surface area contributed by atoms with Crippen LogP contribution < -0.4 is 10.6 Å². The first-order valence-corrected chi connectivity index (χ1v) is 8.78. The molecule has 0 radical (unpaired) electrons. The van der Waals surface area contributed by atoms with Gasteiger partial charge < -0.3 is 10.6 Å². The molecule has 3 aromatic carbocycles. The second-order valence-corrected chi connectivity index (χ2v) is 6.63. The predicted octanol–water partition coefficient (Wildman–Crippen LogP) is 5.38. The molecule has 3 rings (SSSR count). The summed E-state index contributed by atoms with van der Waals surface area (Å²) < 4.78 is 0. The van der Waals surface area contributed by atoms with Crippen LogP contribution in [0.3, 0.4) is 0 Å². The van der Waals surface area contributed by atoms with Crippen LogP contribution in [0.2, 0.25) is 0 Å². The fourth-order valence-corrected chi connectivity index (χ4v) is 3.02. The molecule has 0 aliphatic rings. The highest BCUT2D eigenvalue weighted by Gasteiger charge is 2.15. The number of anilines is 1. The first-order chi connectivity index (χ1) is 12.1. The molecule has 25 heavy (non-hydrogen) atoms. The van der Waals surface area contributed by atoms with Gasteiger partial charge in [0.25, 0.3) is 0 Å². The van der Waals surface area contributed by atoms with Crippen molar-refractivity contribution in [1.29, 1.82) is 0 Å². The van der Waals surface area contributed by atoms with Crippen LogP contribution in [0.25, 0.3) is 0 Å². The van der Waals surface area contributed by atoms with Crippen LogP contribution in [0.15, 0.2) is 78.9 Å². The summed E-state index contributed by atoms with van der Waals surface area (Å²) in [7, 11) is 0. The Labute approximate surface area is 154 Å². The van der Waals surface area contributed by atoms with Crippen LogP contribution in [0.1, 0.15) is 28.3 Å². The second kappa shape index (κ2) is 7.95. The van der Waals surface area contributed by atoms with Gasteiger partial charge >= 0.3 is 0 Å². The Kier molecular flexibility index (Phi) is 5.46. The fraction of sp³-hybridized carbons (Fsp3) is 0.136. The third kappa shape index (κ3) is 4.68. The number of benzene rings is 3. The number of rotatable bonds is 4. The van der Waals surface area contributed by atoms with E-state index in [9.17, 15) is 0 Å². The van der Waals surface area contributed by atoms with Crippen molar-refractivity contribution < 1.29 is 0 Å². The van der Waals surface area contributed by atoms with Crippen LogP contribution in [-0.4, -0.2) is 5.11 Å². The van der Waals surface area contributed by atoms with E-state index in [2.05, 4.69) is 85.1 Å². The lowest BCUT2D eigenvalue weighted by molar-refractivity contribution is 0.768. The molecular formula is C22H22N2S. The average molecular weight is 346 g/mol. The first kappa shape index (κ1) is 17.2. The molecule has 0 unspecified atom stereocenters. The molecule has 0 aromatic heterocycles. The Hall–Kier alpha value is -2.65. The van der Waals surface area contributed by atoms with Gasteiger partial charge in [-0.05, 0) is 54.9 Å². The maximum absolute atomic E-state index is 5.56. The van der Waals surface area contributed by atoms with Gasteiger partial charge in [0.1, 0.15) is 0 Å². The number of nitrogens with one attached hydrogen (secondary N) is 2. The minimum absolute atomic E-state index is 0.00612. The first-order valence-electron chi connectivity index (χ1n) is 8.37. The van der Waals surface area contributed by atoms with Gasteiger partial charge in [-0.15, -0.1) is 0 Å². The van der Waals surface area contributed by atoms with Crippen molar-refractivity contribution in [2.45, 2.75) is 19.9 Å². The summed E-state index contributed by atoms with van der Waals surface area (Å²) in [6.07, 6.45) is 0. The van der Waals surface area contributed by atoms with E-state index >= 15 is 0 Å². The van der Waals surface area contributed by atoms with Crippen molar-refractivity contribution >= 4 is 23.0 Å². The molecule has 0 aliphatic heterocycles. The van der Waals surface area contributed by atoms with E-state index in [0.717, 1.165) is 5.69 Å². The highest BCUT2D eigenvalue weighted by Crippen LogP contribution is 2.22. The molecule has 0 saturated heterocycles. The molecule has 0 amide bonds. The molecule has 0 bridgehead atoms. The van der Waals surface area contributed by atoms with Gasteiger partial charge in [0.05, 0.1) is 6.04 Å². The summed E-state index contributed by atoms with van der Waals surface area (Å²) in [5, 5.41) is 7.35. The Balaban J connectivity index is 1.82. The van der Waals surface area contributed by atoms with E-state index in [1.54, 1.807) is 0 Å². The monoisotopic (exact) mass is 346 g/mol. The molecule has 126 valence electrons. The number of thiocarbonyl (C=S) groups is 1. The van der Waals surface area contributed by atoms with E-state index < -0.39 is 0 Å². The van der Waals surface area contributed by atoms with E-state index in [4.69, 9.17) is 12.2 Å². The predicted molar refractivity (Wildman–Crippen MR) is 110 cm³/mol. The van der Waals surface area contributed by atoms with Crippen LogP contribution in [0.5, 0.6) is 0 Å². The van der Waals surface area contributed by atoms with Crippen LogP contribution in [-0.2, 0) is 0 Å². The second-order valence-electron chi connectivity index (χ2n) is 6.22. The van der Waals surface area contributed by atoms with Crippen molar-refractivity contribution in [1.82, 2.24) is 5.32 Å². The molecule has 0 saturated carbocycles. The number of hydrogen-bond donors (Lipinski definition) is 2. The topological polar surface area (TPSA) is 24.1 Å². The quantitative estimate of drug-likeness (QED) is 0.620. The van der Waals surface area contributed by atoms with Gasteiger partial charge in [0.15, 0.2) is 5.11 Å². The van der Waals surface area contributed by atoms with Crippen molar-refractivity contribution in [3.63, 3.8) is 0 Å². The van der Waals surface area contributed by atoms with Crippen molar-refractivity contribution in [2.24, 2.45) is 0 Å². The van der Waals surface area contributed by atoms with Gasteiger partial charge in [-0.3, -0.25) is 0 Å². The largest absolute Gasteiger partial charge is 0.352 e. The highest BCUT2D eigenvalue weighted by molar-refractivity contribution is 7.80. The normalized spacial score (nSPS) is 11.6. The average Bonchev–Trinajstić information content (AvgIpc) is 2.61.